The fourth-order valence-corrected chi connectivity index (χ4v) is 3.03. The van der Waals surface area contributed by atoms with Gasteiger partial charge in [0.1, 0.15) is 11.5 Å². The summed E-state index contributed by atoms with van der Waals surface area (Å²) in [6.07, 6.45) is 5.90. The fraction of sp³-hybridized carbons (Fsp3) is 0.167. The van der Waals surface area contributed by atoms with Gasteiger partial charge in [-0.1, -0.05) is 6.07 Å². The minimum Gasteiger partial charge on any atom is -0.493 e. The Labute approximate surface area is 132 Å². The summed E-state index contributed by atoms with van der Waals surface area (Å²) in [6.45, 7) is 0. The van der Waals surface area contributed by atoms with Gasteiger partial charge in [0, 0.05) is 23.7 Å². The Bertz CT molecular complexity index is 1050. The van der Waals surface area contributed by atoms with Crippen molar-refractivity contribution in [3.8, 4) is 17.0 Å². The number of aromatic hydroxyl groups is 1. The van der Waals surface area contributed by atoms with Crippen LogP contribution in [-0.2, 0) is 0 Å². The lowest BCUT2D eigenvalue weighted by Gasteiger charge is -2.07. The van der Waals surface area contributed by atoms with E-state index in [2.05, 4.69) is 19.9 Å². The second-order valence-corrected chi connectivity index (χ2v) is 6.01. The molecule has 5 nitrogen and oxygen atoms in total. The average Bonchev–Trinajstić information content (AvgIpc) is 3.31. The first-order chi connectivity index (χ1) is 11.3. The third-order valence-corrected chi connectivity index (χ3v) is 4.41. The quantitative estimate of drug-likeness (QED) is 0.591. The number of hydrogen-bond donors (Lipinski definition) is 2. The molecule has 112 valence electrons. The molecule has 0 spiro atoms. The zero-order chi connectivity index (χ0) is 15.4. The van der Waals surface area contributed by atoms with Crippen molar-refractivity contribution in [2.75, 3.05) is 0 Å². The van der Waals surface area contributed by atoms with Crippen molar-refractivity contribution in [1.82, 2.24) is 19.9 Å². The van der Waals surface area contributed by atoms with Gasteiger partial charge in [0.05, 0.1) is 10.9 Å². The Morgan fingerprint density at radius 1 is 1.04 bits per heavy atom. The number of rotatable bonds is 2. The van der Waals surface area contributed by atoms with Crippen LogP contribution < -0.4 is 0 Å². The van der Waals surface area contributed by atoms with Crippen LogP contribution in [0.25, 0.3) is 33.1 Å². The van der Waals surface area contributed by atoms with Crippen LogP contribution in [-0.4, -0.2) is 25.0 Å². The minimum absolute atomic E-state index is 0.0677. The largest absolute Gasteiger partial charge is 0.493 e. The predicted molar refractivity (Wildman–Crippen MR) is 88.3 cm³/mol. The van der Waals surface area contributed by atoms with E-state index in [4.69, 9.17) is 0 Å². The molecule has 0 aliphatic heterocycles. The normalized spacial score (nSPS) is 14.6. The highest BCUT2D eigenvalue weighted by atomic mass is 16.3. The third-order valence-electron chi connectivity index (χ3n) is 4.41. The van der Waals surface area contributed by atoms with Crippen LogP contribution in [0.3, 0.4) is 0 Å². The molecule has 1 aliphatic rings. The summed E-state index contributed by atoms with van der Waals surface area (Å²) in [6, 6.07) is 9.93. The van der Waals surface area contributed by atoms with Crippen molar-refractivity contribution in [3.05, 3.63) is 48.5 Å². The number of benzene rings is 1. The van der Waals surface area contributed by atoms with Crippen molar-refractivity contribution in [1.29, 1.82) is 0 Å². The Morgan fingerprint density at radius 3 is 2.83 bits per heavy atom. The summed E-state index contributed by atoms with van der Waals surface area (Å²) < 4.78 is 0. The lowest BCUT2D eigenvalue weighted by Crippen LogP contribution is -1.94. The first-order valence-corrected chi connectivity index (χ1v) is 7.73. The maximum absolute atomic E-state index is 10.3. The molecule has 1 aliphatic carbocycles. The molecule has 0 unspecified atom stereocenters. The van der Waals surface area contributed by atoms with Gasteiger partial charge in [-0.15, -0.1) is 0 Å². The van der Waals surface area contributed by atoms with E-state index in [9.17, 15) is 5.11 Å². The highest BCUT2D eigenvalue weighted by molar-refractivity contribution is 5.96. The highest BCUT2D eigenvalue weighted by Gasteiger charge is 2.27. The van der Waals surface area contributed by atoms with Crippen LogP contribution in [0.1, 0.15) is 24.6 Å². The lowest BCUT2D eigenvalue weighted by atomic mass is 10.0. The standard InChI is InChI=1S/C18H14N4O/c23-18-14-9-11(12-5-7-19-17-13(12)6-8-20-17)3-4-15(14)21-16(22-18)10-1-2-10/h3-10H,1-2H2,(H,19,20)(H,21,22,23). The van der Waals surface area contributed by atoms with Crippen molar-refractivity contribution < 1.29 is 5.11 Å². The van der Waals surface area contributed by atoms with Gasteiger partial charge < -0.3 is 10.1 Å². The molecule has 5 heteroatoms. The molecule has 1 saturated carbocycles. The molecule has 3 heterocycles. The third kappa shape index (κ3) is 1.97. The maximum atomic E-state index is 10.3. The fourth-order valence-electron chi connectivity index (χ4n) is 3.03. The van der Waals surface area contributed by atoms with Gasteiger partial charge >= 0.3 is 0 Å². The van der Waals surface area contributed by atoms with Crippen LogP contribution in [0.15, 0.2) is 42.7 Å². The molecule has 2 N–H and O–H groups in total. The number of nitrogens with one attached hydrogen (secondary N) is 1. The van der Waals surface area contributed by atoms with Crippen LogP contribution >= 0.6 is 0 Å². The van der Waals surface area contributed by atoms with Crippen molar-refractivity contribution in [2.45, 2.75) is 18.8 Å². The topological polar surface area (TPSA) is 74.7 Å². The lowest BCUT2D eigenvalue weighted by molar-refractivity contribution is 0.456. The van der Waals surface area contributed by atoms with E-state index in [0.717, 1.165) is 46.3 Å². The second kappa shape index (κ2) is 4.52. The zero-order valence-electron chi connectivity index (χ0n) is 12.3. The Morgan fingerprint density at radius 2 is 1.96 bits per heavy atom. The smallest absolute Gasteiger partial charge is 0.222 e. The molecule has 1 fully saturated rings. The van der Waals surface area contributed by atoms with Crippen LogP contribution in [0.5, 0.6) is 5.88 Å². The molecule has 3 aromatic heterocycles. The molecular formula is C18H14N4O. The molecule has 0 radical (unpaired) electrons. The van der Waals surface area contributed by atoms with Gasteiger partial charge in [0.2, 0.25) is 5.88 Å². The summed E-state index contributed by atoms with van der Waals surface area (Å²) in [4.78, 5) is 16.3. The van der Waals surface area contributed by atoms with Gasteiger partial charge in [0.25, 0.3) is 0 Å². The SMILES string of the molecule is Oc1nc(C2CC2)nc2ccc(-c3ccnc4[nH]ccc34)cc12. The van der Waals surface area contributed by atoms with Gasteiger partial charge in [-0.05, 0) is 48.2 Å². The Hall–Kier alpha value is -2.95. The van der Waals surface area contributed by atoms with Crippen molar-refractivity contribution in [2.24, 2.45) is 0 Å². The van der Waals surface area contributed by atoms with Gasteiger partial charge in [-0.3, -0.25) is 0 Å². The molecule has 0 amide bonds. The first-order valence-electron chi connectivity index (χ1n) is 7.73. The summed E-state index contributed by atoms with van der Waals surface area (Å²) in [7, 11) is 0. The molecule has 23 heavy (non-hydrogen) atoms. The van der Waals surface area contributed by atoms with Gasteiger partial charge in [-0.2, -0.15) is 4.98 Å². The second-order valence-electron chi connectivity index (χ2n) is 6.01. The highest BCUT2D eigenvalue weighted by Crippen LogP contribution is 2.40. The Kier molecular flexibility index (Phi) is 2.47. The van der Waals surface area contributed by atoms with E-state index in [0.29, 0.717) is 11.3 Å². The Balaban J connectivity index is 1.72. The van der Waals surface area contributed by atoms with E-state index < -0.39 is 0 Å². The molecule has 4 aromatic rings. The molecule has 0 saturated heterocycles. The molecule has 1 aromatic carbocycles. The van der Waals surface area contributed by atoms with E-state index in [1.54, 1.807) is 6.20 Å². The van der Waals surface area contributed by atoms with Crippen LogP contribution in [0.2, 0.25) is 0 Å². The molecule has 0 bridgehead atoms. The van der Waals surface area contributed by atoms with Crippen LogP contribution in [0.4, 0.5) is 0 Å². The first kappa shape index (κ1) is 12.6. The average molecular weight is 302 g/mol. The summed E-state index contributed by atoms with van der Waals surface area (Å²) in [5.74, 6) is 1.25. The summed E-state index contributed by atoms with van der Waals surface area (Å²) in [5.41, 5.74) is 3.74. The van der Waals surface area contributed by atoms with Crippen molar-refractivity contribution >= 4 is 21.9 Å². The number of H-pyrrole nitrogens is 1. The number of nitrogens with zero attached hydrogens (tertiary/aromatic N) is 3. The summed E-state index contributed by atoms with van der Waals surface area (Å²) in [5, 5.41) is 12.0. The van der Waals surface area contributed by atoms with Crippen molar-refractivity contribution in [3.63, 3.8) is 0 Å². The zero-order valence-corrected chi connectivity index (χ0v) is 12.3. The molecule has 0 atom stereocenters. The number of pyridine rings is 1. The molecule has 5 rings (SSSR count). The maximum Gasteiger partial charge on any atom is 0.222 e. The monoisotopic (exact) mass is 302 g/mol. The van der Waals surface area contributed by atoms with Crippen LogP contribution in [0, 0.1) is 0 Å². The van der Waals surface area contributed by atoms with E-state index in [1.807, 2.05) is 36.5 Å². The number of hydrogen-bond acceptors (Lipinski definition) is 4. The van der Waals surface area contributed by atoms with Gasteiger partial charge in [0.15, 0.2) is 0 Å². The van der Waals surface area contributed by atoms with E-state index >= 15 is 0 Å². The number of aromatic amines is 1. The van der Waals surface area contributed by atoms with E-state index in [-0.39, 0.29) is 5.88 Å². The number of aromatic nitrogens is 4. The summed E-state index contributed by atoms with van der Waals surface area (Å²) >= 11 is 0. The molecular weight excluding hydrogens is 288 g/mol. The van der Waals surface area contributed by atoms with Gasteiger partial charge in [-0.25, -0.2) is 9.97 Å². The number of fused-ring (bicyclic) bond motifs is 2. The minimum atomic E-state index is 0.0677. The van der Waals surface area contributed by atoms with E-state index in [1.165, 1.54) is 0 Å². The predicted octanol–water partition coefficient (Wildman–Crippen LogP) is 3.76.